The van der Waals surface area contributed by atoms with Gasteiger partial charge in [-0.2, -0.15) is 0 Å². The van der Waals surface area contributed by atoms with Crippen LogP contribution in [0.3, 0.4) is 0 Å². The van der Waals surface area contributed by atoms with Crippen molar-refractivity contribution < 1.29 is 19.0 Å². The number of aryl methyl sites for hydroxylation is 1. The Morgan fingerprint density at radius 2 is 1.94 bits per heavy atom. The molecule has 0 saturated carbocycles. The molecule has 3 aromatic rings. The third kappa shape index (κ3) is 6.11. The Kier molecular flexibility index (Phi) is 7.21. The Morgan fingerprint density at radius 3 is 2.70 bits per heavy atom. The van der Waals surface area contributed by atoms with Gasteiger partial charge in [0.25, 0.3) is 0 Å². The molecule has 2 N–H and O–H groups in total. The van der Waals surface area contributed by atoms with Gasteiger partial charge < -0.3 is 29.7 Å². The molecule has 2 aromatic heterocycles. The lowest BCUT2D eigenvalue weighted by Gasteiger charge is -2.28. The van der Waals surface area contributed by atoms with E-state index in [1.54, 1.807) is 31.6 Å². The maximum absolute atomic E-state index is 12.3. The molecule has 172 valence electrons. The SMILES string of the molecule is COc1cc(C)ccc1Oc1ccc(NC(=O)NCc2ccnc(N3CCOCC3)c2)cn1. The maximum Gasteiger partial charge on any atom is 0.319 e. The lowest BCUT2D eigenvalue weighted by molar-refractivity contribution is 0.122. The van der Waals surface area contributed by atoms with Crippen molar-refractivity contribution in [2.45, 2.75) is 13.5 Å². The molecule has 9 nitrogen and oxygen atoms in total. The molecule has 1 fully saturated rings. The van der Waals surface area contributed by atoms with E-state index in [2.05, 4.69) is 25.5 Å². The predicted molar refractivity (Wildman–Crippen MR) is 125 cm³/mol. The highest BCUT2D eigenvalue weighted by Gasteiger charge is 2.13. The number of hydrogen-bond acceptors (Lipinski definition) is 7. The highest BCUT2D eigenvalue weighted by atomic mass is 16.5. The van der Waals surface area contributed by atoms with E-state index in [-0.39, 0.29) is 6.03 Å². The first-order valence-electron chi connectivity index (χ1n) is 10.7. The molecule has 0 radical (unpaired) electrons. The molecule has 1 aliphatic heterocycles. The third-order valence-corrected chi connectivity index (χ3v) is 5.13. The van der Waals surface area contributed by atoms with Crippen molar-refractivity contribution in [3.63, 3.8) is 0 Å². The molecule has 0 aliphatic carbocycles. The molecule has 0 unspecified atom stereocenters. The van der Waals surface area contributed by atoms with Crippen LogP contribution in [0.2, 0.25) is 0 Å². The molecule has 0 bridgehead atoms. The Bertz CT molecular complexity index is 1080. The van der Waals surface area contributed by atoms with Crippen LogP contribution >= 0.6 is 0 Å². The fraction of sp³-hybridized carbons (Fsp3) is 0.292. The summed E-state index contributed by atoms with van der Waals surface area (Å²) in [4.78, 5) is 23.2. The minimum absolute atomic E-state index is 0.324. The average molecular weight is 450 g/mol. The van der Waals surface area contributed by atoms with Gasteiger partial charge in [-0.05, 0) is 48.4 Å². The van der Waals surface area contributed by atoms with E-state index in [9.17, 15) is 4.79 Å². The second kappa shape index (κ2) is 10.6. The molecule has 0 spiro atoms. The first-order valence-corrected chi connectivity index (χ1v) is 10.7. The second-order valence-electron chi connectivity index (χ2n) is 7.57. The quantitative estimate of drug-likeness (QED) is 0.567. The van der Waals surface area contributed by atoms with E-state index in [1.807, 2.05) is 37.3 Å². The van der Waals surface area contributed by atoms with Crippen LogP contribution in [0.4, 0.5) is 16.3 Å². The zero-order chi connectivity index (χ0) is 23.0. The normalized spacial score (nSPS) is 13.3. The average Bonchev–Trinajstić information content (AvgIpc) is 2.86. The summed E-state index contributed by atoms with van der Waals surface area (Å²) in [5, 5.41) is 5.63. The Morgan fingerprint density at radius 1 is 1.09 bits per heavy atom. The van der Waals surface area contributed by atoms with E-state index in [0.717, 1.165) is 30.0 Å². The summed E-state index contributed by atoms with van der Waals surface area (Å²) in [5.41, 5.74) is 2.59. The van der Waals surface area contributed by atoms with Crippen molar-refractivity contribution in [3.05, 3.63) is 66.0 Å². The number of carbonyl (C=O) groups is 1. The van der Waals surface area contributed by atoms with Crippen molar-refractivity contribution in [2.75, 3.05) is 43.6 Å². The Hall–Kier alpha value is -3.85. The molecule has 0 atom stereocenters. The molecular formula is C24H27N5O4. The molecule has 33 heavy (non-hydrogen) atoms. The molecule has 4 rings (SSSR count). The smallest absolute Gasteiger partial charge is 0.319 e. The standard InChI is InChI=1S/C24H27N5O4/c1-17-3-5-20(21(13-17)31-2)33-23-6-4-19(16-26-23)28-24(30)27-15-18-7-8-25-22(14-18)29-9-11-32-12-10-29/h3-8,13-14,16H,9-12,15H2,1-2H3,(H2,27,28,30). The second-order valence-corrected chi connectivity index (χ2v) is 7.57. The van der Waals surface area contributed by atoms with Gasteiger partial charge in [-0.1, -0.05) is 6.07 Å². The minimum Gasteiger partial charge on any atom is -0.493 e. The highest BCUT2D eigenvalue weighted by Crippen LogP contribution is 2.31. The molecule has 1 aliphatic rings. The largest absolute Gasteiger partial charge is 0.493 e. The number of rotatable bonds is 7. The van der Waals surface area contributed by atoms with Gasteiger partial charge in [0, 0.05) is 31.9 Å². The summed E-state index contributed by atoms with van der Waals surface area (Å²) in [6, 6.07) is 12.6. The van der Waals surface area contributed by atoms with E-state index in [1.165, 1.54) is 0 Å². The molecule has 1 aromatic carbocycles. The fourth-order valence-electron chi connectivity index (χ4n) is 3.38. The summed E-state index contributed by atoms with van der Waals surface area (Å²) in [6.45, 7) is 5.38. The van der Waals surface area contributed by atoms with Crippen LogP contribution in [-0.2, 0) is 11.3 Å². The summed E-state index contributed by atoms with van der Waals surface area (Å²) in [6.07, 6.45) is 3.30. The zero-order valence-corrected chi connectivity index (χ0v) is 18.7. The van der Waals surface area contributed by atoms with Crippen LogP contribution < -0.4 is 25.0 Å². The van der Waals surface area contributed by atoms with Crippen molar-refractivity contribution in [1.29, 1.82) is 0 Å². The monoisotopic (exact) mass is 449 g/mol. The number of pyridine rings is 2. The number of anilines is 2. The number of nitrogens with one attached hydrogen (secondary N) is 2. The van der Waals surface area contributed by atoms with Crippen molar-refractivity contribution in [1.82, 2.24) is 15.3 Å². The third-order valence-electron chi connectivity index (χ3n) is 5.13. The van der Waals surface area contributed by atoms with Crippen LogP contribution in [0.25, 0.3) is 0 Å². The molecule has 1 saturated heterocycles. The number of nitrogens with zero attached hydrogens (tertiary/aromatic N) is 3. The number of hydrogen-bond donors (Lipinski definition) is 2. The van der Waals surface area contributed by atoms with Gasteiger partial charge in [0.2, 0.25) is 5.88 Å². The van der Waals surface area contributed by atoms with Crippen molar-refractivity contribution in [2.24, 2.45) is 0 Å². The first-order chi connectivity index (χ1) is 16.1. The maximum atomic E-state index is 12.3. The number of urea groups is 1. The summed E-state index contributed by atoms with van der Waals surface area (Å²) in [5.74, 6) is 2.49. The first kappa shape index (κ1) is 22.3. The molecular weight excluding hydrogens is 422 g/mol. The van der Waals surface area contributed by atoms with Crippen LogP contribution in [0.5, 0.6) is 17.4 Å². The van der Waals surface area contributed by atoms with Gasteiger partial charge in [-0.15, -0.1) is 0 Å². The lowest BCUT2D eigenvalue weighted by Crippen LogP contribution is -2.36. The number of carbonyl (C=O) groups excluding carboxylic acids is 1. The number of benzene rings is 1. The van der Waals surface area contributed by atoms with Crippen molar-refractivity contribution in [3.8, 4) is 17.4 Å². The molecule has 2 amide bonds. The lowest BCUT2D eigenvalue weighted by atomic mass is 10.2. The molecule has 3 heterocycles. The fourth-order valence-corrected chi connectivity index (χ4v) is 3.38. The zero-order valence-electron chi connectivity index (χ0n) is 18.7. The number of amides is 2. The van der Waals surface area contributed by atoms with Gasteiger partial charge in [-0.25, -0.2) is 14.8 Å². The van der Waals surface area contributed by atoms with Gasteiger partial charge in [0.15, 0.2) is 11.5 Å². The van der Waals surface area contributed by atoms with Crippen LogP contribution in [0.1, 0.15) is 11.1 Å². The summed E-state index contributed by atoms with van der Waals surface area (Å²) >= 11 is 0. The van der Waals surface area contributed by atoms with Crippen LogP contribution in [0, 0.1) is 6.92 Å². The topological polar surface area (TPSA) is 97.8 Å². The van der Waals surface area contributed by atoms with E-state index in [4.69, 9.17) is 14.2 Å². The van der Waals surface area contributed by atoms with Crippen molar-refractivity contribution >= 4 is 17.5 Å². The Balaban J connectivity index is 1.29. The molecule has 9 heteroatoms. The van der Waals surface area contributed by atoms with Gasteiger partial charge in [-0.3, -0.25) is 0 Å². The van der Waals surface area contributed by atoms with Gasteiger partial charge in [0.1, 0.15) is 5.82 Å². The Labute approximate surface area is 192 Å². The van der Waals surface area contributed by atoms with Crippen LogP contribution in [0.15, 0.2) is 54.9 Å². The van der Waals surface area contributed by atoms with Crippen LogP contribution in [-0.4, -0.2) is 49.4 Å². The van der Waals surface area contributed by atoms with Gasteiger partial charge >= 0.3 is 6.03 Å². The number of morpholine rings is 1. The van der Waals surface area contributed by atoms with E-state index in [0.29, 0.717) is 42.8 Å². The summed E-state index contributed by atoms with van der Waals surface area (Å²) < 4.78 is 16.5. The highest BCUT2D eigenvalue weighted by molar-refractivity contribution is 5.89. The number of ether oxygens (including phenoxy) is 3. The predicted octanol–water partition coefficient (Wildman–Crippen LogP) is 3.74. The van der Waals surface area contributed by atoms with E-state index < -0.39 is 0 Å². The minimum atomic E-state index is -0.324. The number of aromatic nitrogens is 2. The van der Waals surface area contributed by atoms with E-state index >= 15 is 0 Å². The summed E-state index contributed by atoms with van der Waals surface area (Å²) in [7, 11) is 1.59. The van der Waals surface area contributed by atoms with Gasteiger partial charge in [0.05, 0.1) is 32.2 Å². The number of methoxy groups -OCH3 is 1.